The molecule has 2 aromatic heterocycles. The molecule has 0 saturated carbocycles. The van der Waals surface area contributed by atoms with Crippen LogP contribution in [0.5, 0.6) is 5.75 Å². The molecule has 6 nitrogen and oxygen atoms in total. The lowest BCUT2D eigenvalue weighted by Crippen LogP contribution is -1.91. The van der Waals surface area contributed by atoms with Crippen molar-refractivity contribution in [3.05, 3.63) is 43.0 Å². The first kappa shape index (κ1) is 10.4. The summed E-state index contributed by atoms with van der Waals surface area (Å²) in [4.78, 5) is 3.99. The van der Waals surface area contributed by atoms with E-state index >= 15 is 0 Å². The Kier molecular flexibility index (Phi) is 2.45. The smallest absolute Gasteiger partial charge is 0.185 e. The molecule has 1 radical (unpaired) electrons. The molecule has 2 heterocycles. The zero-order valence-electron chi connectivity index (χ0n) is 9.20. The summed E-state index contributed by atoms with van der Waals surface area (Å²) in [7, 11) is 0. The lowest BCUT2D eigenvalue weighted by atomic mass is 10.1. The quantitative estimate of drug-likeness (QED) is 0.705. The van der Waals surface area contributed by atoms with Crippen LogP contribution in [0.3, 0.4) is 0 Å². The number of benzene rings is 1. The van der Waals surface area contributed by atoms with Gasteiger partial charge < -0.3 is 5.11 Å². The van der Waals surface area contributed by atoms with Gasteiger partial charge >= 0.3 is 0 Å². The van der Waals surface area contributed by atoms with Crippen molar-refractivity contribution >= 4 is 0 Å². The zero-order chi connectivity index (χ0) is 12.4. The highest BCUT2D eigenvalue weighted by atomic mass is 16.3. The van der Waals surface area contributed by atoms with Crippen LogP contribution < -0.4 is 0 Å². The van der Waals surface area contributed by atoms with E-state index in [1.54, 1.807) is 24.5 Å². The second-order valence-corrected chi connectivity index (χ2v) is 3.63. The first-order chi connectivity index (χ1) is 8.84. The third-order valence-electron chi connectivity index (χ3n) is 2.52. The van der Waals surface area contributed by atoms with Gasteiger partial charge in [-0.2, -0.15) is 5.10 Å². The number of nitrogens with one attached hydrogen (secondary N) is 1. The van der Waals surface area contributed by atoms with Crippen molar-refractivity contribution < 1.29 is 5.11 Å². The molecule has 0 aliphatic heterocycles. The van der Waals surface area contributed by atoms with Gasteiger partial charge in [-0.25, -0.2) is 4.98 Å². The van der Waals surface area contributed by atoms with Crippen LogP contribution in [0.25, 0.3) is 22.5 Å². The molecule has 0 fully saturated rings. The molecule has 1 aromatic carbocycles. The minimum Gasteiger partial charge on any atom is -0.507 e. The van der Waals surface area contributed by atoms with E-state index < -0.39 is 0 Å². The molecule has 0 spiro atoms. The van der Waals surface area contributed by atoms with Gasteiger partial charge in [0.25, 0.3) is 0 Å². The molecule has 3 aromatic rings. The van der Waals surface area contributed by atoms with Crippen LogP contribution in [0.4, 0.5) is 0 Å². The lowest BCUT2D eigenvalue weighted by Gasteiger charge is -2.04. The summed E-state index contributed by atoms with van der Waals surface area (Å²) in [6.45, 7) is 0. The van der Waals surface area contributed by atoms with Crippen LogP contribution in [0.2, 0.25) is 0 Å². The Morgan fingerprint density at radius 1 is 1.22 bits per heavy atom. The third-order valence-corrected chi connectivity index (χ3v) is 2.52. The highest BCUT2D eigenvalue weighted by Crippen LogP contribution is 2.30. The predicted octanol–water partition coefficient (Wildman–Crippen LogP) is 1.43. The van der Waals surface area contributed by atoms with E-state index in [9.17, 15) is 5.11 Å². The zero-order valence-corrected chi connectivity index (χ0v) is 9.20. The summed E-state index contributed by atoms with van der Waals surface area (Å²) >= 11 is 0. The number of aromatic nitrogens is 5. The second-order valence-electron chi connectivity index (χ2n) is 3.63. The number of nitrogens with zero attached hydrogens (tertiary/aromatic N) is 4. The van der Waals surface area contributed by atoms with Gasteiger partial charge in [-0.05, 0) is 17.7 Å². The molecule has 18 heavy (non-hydrogen) atoms. The minimum absolute atomic E-state index is 0.0988. The lowest BCUT2D eigenvalue weighted by molar-refractivity contribution is 0.477. The molecule has 0 aliphatic rings. The Bertz CT molecular complexity index is 651. The van der Waals surface area contributed by atoms with Crippen LogP contribution in [0.1, 0.15) is 0 Å². The fourth-order valence-corrected chi connectivity index (χ4v) is 1.65. The van der Waals surface area contributed by atoms with E-state index in [2.05, 4.69) is 31.6 Å². The molecule has 2 N–H and O–H groups in total. The number of hydrogen-bond donors (Lipinski definition) is 2. The first-order valence-electron chi connectivity index (χ1n) is 5.23. The number of phenolic OH excluding ortho intramolecular Hbond substituents is 1. The van der Waals surface area contributed by atoms with Crippen LogP contribution in [-0.2, 0) is 0 Å². The molecule has 3 rings (SSSR count). The van der Waals surface area contributed by atoms with Gasteiger partial charge in [-0.1, -0.05) is 6.07 Å². The highest BCUT2D eigenvalue weighted by molar-refractivity contribution is 5.72. The molecule has 87 valence electrons. The van der Waals surface area contributed by atoms with E-state index in [-0.39, 0.29) is 5.75 Å². The van der Waals surface area contributed by atoms with Crippen molar-refractivity contribution in [3.63, 3.8) is 0 Å². The number of aromatic hydroxyl groups is 1. The number of H-pyrrole nitrogens is 1. The van der Waals surface area contributed by atoms with E-state index in [1.807, 2.05) is 6.07 Å². The average molecular weight is 238 g/mol. The molecule has 0 bridgehead atoms. The molecule has 0 unspecified atom stereocenters. The van der Waals surface area contributed by atoms with Crippen molar-refractivity contribution in [1.82, 2.24) is 25.4 Å². The summed E-state index contributed by atoms with van der Waals surface area (Å²) in [6, 6.07) is 5.24. The molecular weight excluding hydrogens is 230 g/mol. The summed E-state index contributed by atoms with van der Waals surface area (Å²) < 4.78 is 0. The van der Waals surface area contributed by atoms with Crippen molar-refractivity contribution in [2.45, 2.75) is 0 Å². The van der Waals surface area contributed by atoms with Crippen molar-refractivity contribution in [1.29, 1.82) is 0 Å². The van der Waals surface area contributed by atoms with Gasteiger partial charge in [-0.15, -0.1) is 10.2 Å². The van der Waals surface area contributed by atoms with E-state index in [0.717, 1.165) is 11.1 Å². The summed E-state index contributed by atoms with van der Waals surface area (Å²) in [5.41, 5.74) is 2.29. The van der Waals surface area contributed by atoms with Crippen LogP contribution in [-0.4, -0.2) is 30.5 Å². The normalized spacial score (nSPS) is 10.4. The van der Waals surface area contributed by atoms with Gasteiger partial charge in [0.15, 0.2) is 5.82 Å². The van der Waals surface area contributed by atoms with E-state index in [0.29, 0.717) is 11.4 Å². The molecule has 0 aliphatic carbocycles. The number of aromatic amines is 1. The summed E-state index contributed by atoms with van der Waals surface area (Å²) in [6.07, 6.45) is 7.34. The number of hydrogen-bond acceptors (Lipinski definition) is 5. The molecule has 0 saturated heterocycles. The minimum atomic E-state index is 0.0988. The number of phenols is 1. The Morgan fingerprint density at radius 3 is 2.83 bits per heavy atom. The van der Waals surface area contributed by atoms with E-state index in [4.69, 9.17) is 0 Å². The van der Waals surface area contributed by atoms with Crippen LogP contribution in [0, 0.1) is 6.20 Å². The maximum Gasteiger partial charge on any atom is 0.185 e. The van der Waals surface area contributed by atoms with Crippen LogP contribution in [0.15, 0.2) is 36.8 Å². The third kappa shape index (κ3) is 1.80. The molecule has 0 amide bonds. The average Bonchev–Trinajstić information content (AvgIpc) is 2.93. The maximum atomic E-state index is 10.00. The van der Waals surface area contributed by atoms with Crippen molar-refractivity contribution in [3.8, 4) is 28.3 Å². The standard InChI is InChI=1S/C12H8N5O/c18-11-5-8(9-6-15-16-7-9)1-2-10(11)12-13-3-4-14-17-12/h1-3,5-7,18H,(H,15,16). The van der Waals surface area contributed by atoms with Gasteiger partial charge in [0.2, 0.25) is 0 Å². The fourth-order valence-electron chi connectivity index (χ4n) is 1.65. The molecule has 0 atom stereocenters. The Hall–Kier alpha value is -2.76. The monoisotopic (exact) mass is 238 g/mol. The number of rotatable bonds is 2. The second kappa shape index (κ2) is 4.25. The van der Waals surface area contributed by atoms with Gasteiger partial charge in [0, 0.05) is 11.8 Å². The van der Waals surface area contributed by atoms with Gasteiger partial charge in [0.1, 0.15) is 11.9 Å². The Balaban J connectivity index is 2.05. The van der Waals surface area contributed by atoms with Gasteiger partial charge in [0.05, 0.1) is 18.0 Å². The van der Waals surface area contributed by atoms with Crippen molar-refractivity contribution in [2.24, 2.45) is 0 Å². The van der Waals surface area contributed by atoms with E-state index in [1.165, 1.54) is 6.20 Å². The van der Waals surface area contributed by atoms with Crippen LogP contribution >= 0.6 is 0 Å². The first-order valence-corrected chi connectivity index (χ1v) is 5.23. The Labute approximate surface area is 102 Å². The molecular formula is C12H8N5O. The molecule has 6 heteroatoms. The van der Waals surface area contributed by atoms with Crippen molar-refractivity contribution in [2.75, 3.05) is 0 Å². The SMILES string of the molecule is Oc1cc(-c2cn[nH]c2)ccc1-c1nc[c]nn1. The fraction of sp³-hybridized carbons (Fsp3) is 0. The maximum absolute atomic E-state index is 10.00. The highest BCUT2D eigenvalue weighted by Gasteiger charge is 2.09. The summed E-state index contributed by atoms with van der Waals surface area (Å²) in [5.74, 6) is 0.465. The Morgan fingerprint density at radius 2 is 2.17 bits per heavy atom. The predicted molar refractivity (Wildman–Crippen MR) is 63.3 cm³/mol. The van der Waals surface area contributed by atoms with Gasteiger partial charge in [-0.3, -0.25) is 5.10 Å². The summed E-state index contributed by atoms with van der Waals surface area (Å²) in [5, 5.41) is 24.0. The largest absolute Gasteiger partial charge is 0.507 e. The topological polar surface area (TPSA) is 87.6 Å².